The Morgan fingerprint density at radius 3 is 1.79 bits per heavy atom. The molecule has 5 rings (SSSR count). The van der Waals surface area contributed by atoms with E-state index in [1.807, 2.05) is 0 Å². The van der Waals surface area contributed by atoms with Gasteiger partial charge in [-0.1, -0.05) is 12.1 Å². The number of hydrogen-bond donors (Lipinski definition) is 2. The van der Waals surface area contributed by atoms with Gasteiger partial charge in [-0.2, -0.15) is 0 Å². The largest absolute Gasteiger partial charge is 0.481 e. The molecule has 0 amide bonds. The number of benzene rings is 1. The maximum atomic E-state index is 13.4. The zero-order valence-electron chi connectivity index (χ0n) is 13.3. The Morgan fingerprint density at radius 2 is 1.38 bits per heavy atom. The molecule has 24 heavy (non-hydrogen) atoms. The summed E-state index contributed by atoms with van der Waals surface area (Å²) < 4.78 is 13.4. The lowest BCUT2D eigenvalue weighted by molar-refractivity contribution is -0.171. The summed E-state index contributed by atoms with van der Waals surface area (Å²) in [5.41, 5.74) is -0.230. The topological polar surface area (TPSA) is 74.6 Å². The fourth-order valence-electron chi connectivity index (χ4n) is 6.33. The standard InChI is InChI=1S/C19H21FO4/c20-15-3-1-12(2-4-15)19(16(17(21)22)18(23)24)13-6-10-5-11(8-13)9-14(19)7-10/h1-4,10-11,13-14,16H,5-9H2,(H,21,22)(H,23,24). The van der Waals surface area contributed by atoms with Crippen molar-refractivity contribution in [2.75, 3.05) is 0 Å². The van der Waals surface area contributed by atoms with Crippen molar-refractivity contribution in [3.05, 3.63) is 35.6 Å². The summed E-state index contributed by atoms with van der Waals surface area (Å²) >= 11 is 0. The molecule has 4 saturated carbocycles. The highest BCUT2D eigenvalue weighted by Gasteiger charge is 2.64. The van der Waals surface area contributed by atoms with Gasteiger partial charge in [-0.15, -0.1) is 0 Å². The van der Waals surface area contributed by atoms with E-state index in [0.717, 1.165) is 25.7 Å². The minimum atomic E-state index is -1.47. The van der Waals surface area contributed by atoms with Gasteiger partial charge < -0.3 is 10.2 Å². The van der Waals surface area contributed by atoms with Crippen molar-refractivity contribution in [3.63, 3.8) is 0 Å². The van der Waals surface area contributed by atoms with E-state index in [-0.39, 0.29) is 17.7 Å². The third-order valence-electron chi connectivity index (χ3n) is 6.80. The third-order valence-corrected chi connectivity index (χ3v) is 6.80. The molecule has 4 aliphatic carbocycles. The Hall–Kier alpha value is -1.91. The maximum Gasteiger partial charge on any atom is 0.318 e. The number of carbonyl (C=O) groups is 2. The molecule has 0 heterocycles. The summed E-state index contributed by atoms with van der Waals surface area (Å²) in [6.07, 6.45) is 4.75. The van der Waals surface area contributed by atoms with Gasteiger partial charge in [-0.3, -0.25) is 9.59 Å². The molecule has 4 aliphatic rings. The van der Waals surface area contributed by atoms with Gasteiger partial charge in [0.1, 0.15) is 5.82 Å². The third kappa shape index (κ3) is 2.03. The molecule has 4 bridgehead atoms. The first kappa shape index (κ1) is 15.6. The first-order valence-corrected chi connectivity index (χ1v) is 8.64. The lowest BCUT2D eigenvalue weighted by Gasteiger charge is -2.62. The minimum Gasteiger partial charge on any atom is -0.481 e. The number of halogens is 1. The summed E-state index contributed by atoms with van der Waals surface area (Å²) in [4.78, 5) is 23.9. The smallest absolute Gasteiger partial charge is 0.318 e. The van der Waals surface area contributed by atoms with E-state index < -0.39 is 23.3 Å². The molecule has 0 radical (unpaired) electrons. The van der Waals surface area contributed by atoms with Crippen LogP contribution in [-0.4, -0.2) is 22.2 Å². The lowest BCUT2D eigenvalue weighted by atomic mass is 9.41. The van der Waals surface area contributed by atoms with Gasteiger partial charge in [0.05, 0.1) is 0 Å². The van der Waals surface area contributed by atoms with Crippen molar-refractivity contribution in [3.8, 4) is 0 Å². The van der Waals surface area contributed by atoms with Gasteiger partial charge in [0.15, 0.2) is 5.92 Å². The van der Waals surface area contributed by atoms with Crippen LogP contribution in [0.2, 0.25) is 0 Å². The molecular formula is C19H21FO4. The van der Waals surface area contributed by atoms with Crippen LogP contribution >= 0.6 is 0 Å². The number of hydrogen-bond acceptors (Lipinski definition) is 2. The van der Waals surface area contributed by atoms with Gasteiger partial charge in [0, 0.05) is 5.41 Å². The number of rotatable bonds is 4. The maximum absolute atomic E-state index is 13.4. The number of carboxylic acids is 2. The average Bonchev–Trinajstić information content (AvgIpc) is 2.50. The highest BCUT2D eigenvalue weighted by atomic mass is 19.1. The predicted molar refractivity (Wildman–Crippen MR) is 83.9 cm³/mol. The Balaban J connectivity index is 1.91. The molecule has 0 atom stereocenters. The first-order chi connectivity index (χ1) is 11.4. The molecule has 0 aliphatic heterocycles. The van der Waals surface area contributed by atoms with E-state index in [9.17, 15) is 24.2 Å². The van der Waals surface area contributed by atoms with Crippen LogP contribution in [0.1, 0.15) is 37.7 Å². The van der Waals surface area contributed by atoms with Crippen molar-refractivity contribution in [1.82, 2.24) is 0 Å². The fourth-order valence-corrected chi connectivity index (χ4v) is 6.33. The van der Waals surface area contributed by atoms with Crippen LogP contribution in [0.15, 0.2) is 24.3 Å². The normalized spacial score (nSPS) is 36.9. The Labute approximate surface area is 139 Å². The minimum absolute atomic E-state index is 0.0522. The lowest BCUT2D eigenvalue weighted by Crippen LogP contribution is -2.62. The SMILES string of the molecule is O=C(O)C(C(=O)O)C1(c2ccc(F)cc2)C2CC3CC(C2)CC1C3. The van der Waals surface area contributed by atoms with E-state index in [0.29, 0.717) is 17.4 Å². The van der Waals surface area contributed by atoms with Gasteiger partial charge in [-0.25, -0.2) is 4.39 Å². The first-order valence-electron chi connectivity index (χ1n) is 8.64. The fraction of sp³-hybridized carbons (Fsp3) is 0.579. The van der Waals surface area contributed by atoms with E-state index in [4.69, 9.17) is 0 Å². The van der Waals surface area contributed by atoms with Crippen LogP contribution < -0.4 is 0 Å². The Kier molecular flexibility index (Phi) is 3.44. The van der Waals surface area contributed by atoms with Gasteiger partial charge >= 0.3 is 11.9 Å². The number of carboxylic acid groups (broad SMARTS) is 2. The van der Waals surface area contributed by atoms with Gasteiger partial charge in [-0.05, 0) is 73.5 Å². The second-order valence-corrected chi connectivity index (χ2v) is 7.85. The van der Waals surface area contributed by atoms with Crippen LogP contribution in [0.3, 0.4) is 0 Å². The number of aliphatic carboxylic acids is 2. The van der Waals surface area contributed by atoms with Crippen LogP contribution in [0.4, 0.5) is 4.39 Å². The van der Waals surface area contributed by atoms with E-state index >= 15 is 0 Å². The van der Waals surface area contributed by atoms with Gasteiger partial charge in [0.25, 0.3) is 0 Å². The molecule has 1 aromatic rings. The van der Waals surface area contributed by atoms with Crippen molar-refractivity contribution < 1.29 is 24.2 Å². The highest BCUT2D eigenvalue weighted by Crippen LogP contribution is 2.65. The molecule has 2 N–H and O–H groups in total. The summed E-state index contributed by atoms with van der Waals surface area (Å²) in [7, 11) is 0. The van der Waals surface area contributed by atoms with Crippen molar-refractivity contribution in [2.45, 2.75) is 37.5 Å². The molecule has 5 heteroatoms. The van der Waals surface area contributed by atoms with Crippen molar-refractivity contribution >= 4 is 11.9 Å². The molecule has 4 nitrogen and oxygen atoms in total. The Morgan fingerprint density at radius 1 is 0.917 bits per heavy atom. The highest BCUT2D eigenvalue weighted by molar-refractivity contribution is 5.95. The molecule has 0 saturated heterocycles. The van der Waals surface area contributed by atoms with Crippen LogP contribution in [-0.2, 0) is 15.0 Å². The van der Waals surface area contributed by atoms with Gasteiger partial charge in [0.2, 0.25) is 0 Å². The molecule has 4 fully saturated rings. The second-order valence-electron chi connectivity index (χ2n) is 7.85. The monoisotopic (exact) mass is 332 g/mol. The van der Waals surface area contributed by atoms with Crippen LogP contribution in [0.25, 0.3) is 0 Å². The van der Waals surface area contributed by atoms with Crippen LogP contribution in [0.5, 0.6) is 0 Å². The van der Waals surface area contributed by atoms with Crippen LogP contribution in [0, 0.1) is 35.4 Å². The molecule has 0 spiro atoms. The molecule has 1 aromatic carbocycles. The molecule has 0 unspecified atom stereocenters. The predicted octanol–water partition coefficient (Wildman–Crippen LogP) is 3.31. The summed E-state index contributed by atoms with van der Waals surface area (Å²) in [6.45, 7) is 0. The summed E-state index contributed by atoms with van der Waals surface area (Å²) in [5, 5.41) is 19.5. The molecular weight excluding hydrogens is 311 g/mol. The zero-order chi connectivity index (χ0) is 17.1. The van der Waals surface area contributed by atoms with E-state index in [2.05, 4.69) is 0 Å². The average molecular weight is 332 g/mol. The quantitative estimate of drug-likeness (QED) is 0.830. The van der Waals surface area contributed by atoms with Crippen molar-refractivity contribution in [2.24, 2.45) is 29.6 Å². The molecule has 0 aromatic heterocycles. The second kappa shape index (κ2) is 5.30. The molecule has 128 valence electrons. The van der Waals surface area contributed by atoms with Crippen molar-refractivity contribution in [1.29, 1.82) is 0 Å². The Bertz CT molecular complexity index is 639. The van der Waals surface area contributed by atoms with E-state index in [1.54, 1.807) is 12.1 Å². The summed E-state index contributed by atoms with van der Waals surface area (Å²) in [6, 6.07) is 5.86. The summed E-state index contributed by atoms with van der Waals surface area (Å²) in [5.74, 6) is -3.14. The zero-order valence-corrected chi connectivity index (χ0v) is 13.3. The van der Waals surface area contributed by atoms with E-state index in [1.165, 1.54) is 18.6 Å².